The summed E-state index contributed by atoms with van der Waals surface area (Å²) in [6, 6.07) is 7.01. The molecule has 1 aliphatic heterocycles. The van der Waals surface area contributed by atoms with Crippen LogP contribution in [0.15, 0.2) is 29.2 Å². The van der Waals surface area contributed by atoms with Gasteiger partial charge in [0.2, 0.25) is 5.78 Å². The van der Waals surface area contributed by atoms with Crippen LogP contribution in [0, 0.1) is 13.8 Å². The number of ketones is 1. The van der Waals surface area contributed by atoms with E-state index in [2.05, 4.69) is 4.57 Å². The SMILES string of the molecule is CSc1ccc(Cl)c(C(=O)OCC(=O)c2cc(C)n(C[C@@H]3CCCO3)c2C)c1. The molecule has 0 saturated carbocycles. The van der Waals surface area contributed by atoms with Crippen molar-refractivity contribution in [1.29, 1.82) is 0 Å². The van der Waals surface area contributed by atoms with Crippen LogP contribution >= 0.6 is 23.4 Å². The minimum absolute atomic E-state index is 0.191. The summed E-state index contributed by atoms with van der Waals surface area (Å²) in [5, 5.41) is 0.310. The molecule has 0 amide bonds. The number of aromatic nitrogens is 1. The number of hydrogen-bond donors (Lipinski definition) is 0. The van der Waals surface area contributed by atoms with E-state index in [-0.39, 0.29) is 24.1 Å². The molecule has 0 aliphatic carbocycles. The molecule has 1 saturated heterocycles. The van der Waals surface area contributed by atoms with E-state index in [0.717, 1.165) is 42.3 Å². The highest BCUT2D eigenvalue weighted by molar-refractivity contribution is 7.98. The fraction of sp³-hybridized carbons (Fsp3) is 0.429. The largest absolute Gasteiger partial charge is 0.454 e. The molecule has 0 bridgehead atoms. The highest BCUT2D eigenvalue weighted by Gasteiger charge is 2.22. The molecule has 28 heavy (non-hydrogen) atoms. The van der Waals surface area contributed by atoms with Crippen molar-refractivity contribution in [2.75, 3.05) is 19.5 Å². The second-order valence-electron chi connectivity index (χ2n) is 6.88. The van der Waals surface area contributed by atoms with Crippen LogP contribution in [-0.4, -0.2) is 41.9 Å². The first-order chi connectivity index (χ1) is 13.4. The smallest absolute Gasteiger partial charge is 0.340 e. The first kappa shape index (κ1) is 21.0. The number of Topliss-reactive ketones (excluding diaryl/α,β-unsaturated/α-hetero) is 1. The predicted molar refractivity (Wildman–Crippen MR) is 111 cm³/mol. The summed E-state index contributed by atoms with van der Waals surface area (Å²) in [5.74, 6) is -0.820. The molecule has 3 rings (SSSR count). The Hall–Kier alpha value is -1.76. The van der Waals surface area contributed by atoms with Crippen LogP contribution in [0.2, 0.25) is 5.02 Å². The third-order valence-electron chi connectivity index (χ3n) is 5.01. The molecule has 0 radical (unpaired) electrons. The Labute approximate surface area is 174 Å². The molecule has 0 unspecified atom stereocenters. The summed E-state index contributed by atoms with van der Waals surface area (Å²) in [5.41, 5.74) is 2.72. The van der Waals surface area contributed by atoms with Crippen molar-refractivity contribution in [1.82, 2.24) is 4.57 Å². The van der Waals surface area contributed by atoms with Crippen LogP contribution in [0.4, 0.5) is 0 Å². The third kappa shape index (κ3) is 4.62. The fourth-order valence-electron chi connectivity index (χ4n) is 3.43. The summed E-state index contributed by atoms with van der Waals surface area (Å²) in [7, 11) is 0. The van der Waals surface area contributed by atoms with Crippen LogP contribution < -0.4 is 0 Å². The Bertz CT molecular complexity index is 887. The number of ether oxygens (including phenoxy) is 2. The van der Waals surface area contributed by atoms with Crippen molar-refractivity contribution in [3.05, 3.63) is 51.8 Å². The van der Waals surface area contributed by atoms with Gasteiger partial charge in [-0.05, 0) is 57.2 Å². The molecule has 0 N–H and O–H groups in total. The number of nitrogens with zero attached hydrogens (tertiary/aromatic N) is 1. The third-order valence-corrected chi connectivity index (χ3v) is 6.07. The monoisotopic (exact) mass is 421 g/mol. The standard InChI is InChI=1S/C21H24ClNO4S/c1-13-9-17(14(2)23(13)11-15-5-4-8-26-15)20(24)12-27-21(25)18-10-16(28-3)6-7-19(18)22/h6-7,9-10,15H,4-5,8,11-12H2,1-3H3/t15-/m0/s1. The Balaban J connectivity index is 1.67. The van der Waals surface area contributed by atoms with E-state index in [1.165, 1.54) is 11.8 Å². The quantitative estimate of drug-likeness (QED) is 0.368. The van der Waals surface area contributed by atoms with E-state index in [4.69, 9.17) is 21.1 Å². The molecule has 0 spiro atoms. The summed E-state index contributed by atoms with van der Waals surface area (Å²) < 4.78 is 13.1. The van der Waals surface area contributed by atoms with Crippen LogP contribution in [-0.2, 0) is 16.0 Å². The number of carbonyl (C=O) groups is 2. The number of hydrogen-bond acceptors (Lipinski definition) is 5. The lowest BCUT2D eigenvalue weighted by Gasteiger charge is -2.14. The van der Waals surface area contributed by atoms with Crippen LogP contribution in [0.25, 0.3) is 0 Å². The number of rotatable bonds is 7. The minimum atomic E-state index is -0.595. The van der Waals surface area contributed by atoms with Crippen molar-refractivity contribution >= 4 is 35.1 Å². The summed E-state index contributed by atoms with van der Waals surface area (Å²) >= 11 is 7.60. The average molecular weight is 422 g/mol. The zero-order valence-electron chi connectivity index (χ0n) is 16.3. The minimum Gasteiger partial charge on any atom is -0.454 e. The molecule has 7 heteroatoms. The summed E-state index contributed by atoms with van der Waals surface area (Å²) in [4.78, 5) is 25.9. The maximum absolute atomic E-state index is 12.7. The number of halogens is 1. The number of esters is 1. The van der Waals surface area contributed by atoms with Gasteiger partial charge in [-0.15, -0.1) is 11.8 Å². The van der Waals surface area contributed by atoms with Gasteiger partial charge in [0.1, 0.15) is 0 Å². The van der Waals surface area contributed by atoms with Crippen molar-refractivity contribution in [3.63, 3.8) is 0 Å². The Kier molecular flexibility index (Phi) is 6.86. The second kappa shape index (κ2) is 9.16. The van der Waals surface area contributed by atoms with Crippen LogP contribution in [0.3, 0.4) is 0 Å². The molecular formula is C21H24ClNO4S. The molecule has 1 fully saturated rings. The van der Waals surface area contributed by atoms with E-state index < -0.39 is 5.97 Å². The predicted octanol–water partition coefficient (Wildman–Crippen LogP) is 4.70. The van der Waals surface area contributed by atoms with Gasteiger partial charge in [0.15, 0.2) is 6.61 Å². The first-order valence-corrected chi connectivity index (χ1v) is 10.8. The van der Waals surface area contributed by atoms with Gasteiger partial charge in [-0.1, -0.05) is 11.6 Å². The highest BCUT2D eigenvalue weighted by Crippen LogP contribution is 2.24. The number of benzene rings is 1. The van der Waals surface area contributed by atoms with Crippen LogP contribution in [0.1, 0.15) is 44.9 Å². The Morgan fingerprint density at radius 1 is 1.29 bits per heavy atom. The topological polar surface area (TPSA) is 57.5 Å². The van der Waals surface area contributed by atoms with E-state index in [9.17, 15) is 9.59 Å². The fourth-order valence-corrected chi connectivity index (χ4v) is 4.07. The van der Waals surface area contributed by atoms with Gasteiger partial charge in [0, 0.05) is 35.0 Å². The summed E-state index contributed by atoms with van der Waals surface area (Å²) in [6.45, 7) is 5.10. The molecule has 5 nitrogen and oxygen atoms in total. The van der Waals surface area contributed by atoms with Gasteiger partial charge in [-0.25, -0.2) is 4.79 Å². The maximum Gasteiger partial charge on any atom is 0.340 e. The molecule has 1 aromatic heterocycles. The van der Waals surface area contributed by atoms with Gasteiger partial charge >= 0.3 is 5.97 Å². The molecule has 1 aliphatic rings. The normalized spacial score (nSPS) is 16.4. The second-order valence-corrected chi connectivity index (χ2v) is 8.16. The average Bonchev–Trinajstić information content (AvgIpc) is 3.30. The van der Waals surface area contributed by atoms with E-state index in [1.54, 1.807) is 12.1 Å². The molecular weight excluding hydrogens is 398 g/mol. The van der Waals surface area contributed by atoms with Gasteiger partial charge in [-0.2, -0.15) is 0 Å². The van der Waals surface area contributed by atoms with Gasteiger partial charge in [0.05, 0.1) is 16.7 Å². The molecule has 2 heterocycles. The lowest BCUT2D eigenvalue weighted by Crippen LogP contribution is -2.18. The Morgan fingerprint density at radius 2 is 2.07 bits per heavy atom. The lowest BCUT2D eigenvalue weighted by molar-refractivity contribution is 0.0474. The van der Waals surface area contributed by atoms with Gasteiger partial charge in [-0.3, -0.25) is 4.79 Å². The van der Waals surface area contributed by atoms with E-state index in [0.29, 0.717) is 10.6 Å². The molecule has 1 atom stereocenters. The lowest BCUT2D eigenvalue weighted by atomic mass is 10.1. The van der Waals surface area contributed by atoms with Crippen molar-refractivity contribution in [2.24, 2.45) is 0 Å². The highest BCUT2D eigenvalue weighted by atomic mass is 35.5. The van der Waals surface area contributed by atoms with Crippen LogP contribution in [0.5, 0.6) is 0 Å². The number of thioether (sulfide) groups is 1. The van der Waals surface area contributed by atoms with Crippen molar-refractivity contribution < 1.29 is 19.1 Å². The Morgan fingerprint density at radius 3 is 2.75 bits per heavy atom. The molecule has 1 aromatic carbocycles. The van der Waals surface area contributed by atoms with E-state index >= 15 is 0 Å². The van der Waals surface area contributed by atoms with Crippen molar-refractivity contribution in [3.8, 4) is 0 Å². The van der Waals surface area contributed by atoms with E-state index in [1.807, 2.05) is 32.2 Å². The molecule has 2 aromatic rings. The van der Waals surface area contributed by atoms with Gasteiger partial charge in [0.25, 0.3) is 0 Å². The number of carbonyl (C=O) groups excluding carboxylic acids is 2. The van der Waals surface area contributed by atoms with Gasteiger partial charge < -0.3 is 14.0 Å². The van der Waals surface area contributed by atoms with Crippen molar-refractivity contribution in [2.45, 2.75) is 44.2 Å². The maximum atomic E-state index is 12.7. The zero-order valence-corrected chi connectivity index (χ0v) is 17.9. The molecule has 150 valence electrons. The summed E-state index contributed by atoms with van der Waals surface area (Å²) in [6.07, 6.45) is 4.21. The number of aryl methyl sites for hydroxylation is 1. The zero-order chi connectivity index (χ0) is 20.3. The first-order valence-electron chi connectivity index (χ1n) is 9.23.